The lowest BCUT2D eigenvalue weighted by Gasteiger charge is -2.42. The Morgan fingerprint density at radius 1 is 0.579 bits per heavy atom. The molecule has 0 saturated carbocycles. The first-order chi connectivity index (χ1) is 17.2. The zero-order chi connectivity index (χ0) is 29.5. The van der Waals surface area contributed by atoms with Crippen LogP contribution in [0.3, 0.4) is 0 Å². The van der Waals surface area contributed by atoms with Crippen molar-refractivity contribution in [1.29, 1.82) is 0 Å². The van der Waals surface area contributed by atoms with E-state index in [4.69, 9.17) is 18.9 Å². The Morgan fingerprint density at radius 3 is 1.24 bits per heavy atom. The number of ether oxygens (including phenoxy) is 4. The topological polar surface area (TPSA) is 83.1 Å². The van der Waals surface area contributed by atoms with E-state index in [9.17, 15) is 9.59 Å². The maximum atomic E-state index is 12.7. The summed E-state index contributed by atoms with van der Waals surface area (Å²) in [7, 11) is 0. The Balaban J connectivity index is 3.09. The Morgan fingerprint density at radius 2 is 0.921 bits per heavy atom. The number of carbonyl (C=O) groups is 2. The van der Waals surface area contributed by atoms with Crippen molar-refractivity contribution < 1.29 is 28.5 Å². The lowest BCUT2D eigenvalue weighted by atomic mass is 9.86. The summed E-state index contributed by atoms with van der Waals surface area (Å²) in [5.74, 6) is -0.540. The Labute approximate surface area is 233 Å². The van der Waals surface area contributed by atoms with Crippen molar-refractivity contribution in [1.82, 2.24) is 5.32 Å². The monoisotopic (exact) mass is 541 g/mol. The second-order valence-corrected chi connectivity index (χ2v) is 14.3. The average molecular weight is 542 g/mol. The second kappa shape index (κ2) is 13.5. The van der Waals surface area contributed by atoms with Crippen LogP contribution in [0.2, 0.25) is 0 Å². The summed E-state index contributed by atoms with van der Waals surface area (Å²) in [5.41, 5.74) is -2.62. The minimum absolute atomic E-state index is 0.0904. The summed E-state index contributed by atoms with van der Waals surface area (Å²) in [6.07, 6.45) is 5.73. The summed E-state index contributed by atoms with van der Waals surface area (Å²) in [5, 5.41) is 3.92. The van der Waals surface area contributed by atoms with Crippen molar-refractivity contribution in [3.63, 3.8) is 0 Å². The summed E-state index contributed by atoms with van der Waals surface area (Å²) in [4.78, 5) is 25.5. The third-order valence-electron chi connectivity index (χ3n) is 7.95. The molecular weight excluding hydrogens is 482 g/mol. The number of hydrogen-bond donors (Lipinski definition) is 1. The van der Waals surface area contributed by atoms with Crippen LogP contribution in [0.5, 0.6) is 0 Å². The number of hydrogen-bond acceptors (Lipinski definition) is 7. The van der Waals surface area contributed by atoms with Gasteiger partial charge in [0.05, 0.1) is 11.2 Å². The predicted molar refractivity (Wildman–Crippen MR) is 153 cm³/mol. The third kappa shape index (κ3) is 13.3. The number of cyclic esters (lactones) is 2. The molecule has 7 heteroatoms. The molecular formula is C31H59NO6. The van der Waals surface area contributed by atoms with Crippen molar-refractivity contribution in [2.45, 2.75) is 174 Å². The molecule has 0 aromatic rings. The number of carbonyl (C=O) groups excluding carboxylic acids is 2. The first-order valence-electron chi connectivity index (χ1n) is 14.7. The van der Waals surface area contributed by atoms with E-state index in [0.29, 0.717) is 32.5 Å². The van der Waals surface area contributed by atoms with Gasteiger partial charge < -0.3 is 24.3 Å². The molecule has 1 aliphatic rings. The van der Waals surface area contributed by atoms with Crippen LogP contribution in [-0.2, 0) is 28.5 Å². The first-order valence-corrected chi connectivity index (χ1v) is 14.7. The van der Waals surface area contributed by atoms with Gasteiger partial charge >= 0.3 is 11.9 Å². The SMILES string of the molecule is CCC1(C)CCOC(C)(C)CCC(=O)OC(C)(C)CC(C)(C)OC(=O)CCC(C)(C)OCCC(C)(CC)N1. The van der Waals surface area contributed by atoms with E-state index in [1.807, 2.05) is 55.4 Å². The number of rotatable bonds is 2. The minimum atomic E-state index is -0.772. The lowest BCUT2D eigenvalue weighted by molar-refractivity contribution is -0.172. The van der Waals surface area contributed by atoms with E-state index in [2.05, 4.69) is 33.0 Å². The van der Waals surface area contributed by atoms with Gasteiger partial charge in [-0.15, -0.1) is 0 Å². The molecule has 0 aromatic heterocycles. The summed E-state index contributed by atoms with van der Waals surface area (Å²) in [6, 6.07) is 0. The van der Waals surface area contributed by atoms with E-state index >= 15 is 0 Å². The van der Waals surface area contributed by atoms with E-state index in [0.717, 1.165) is 25.7 Å². The van der Waals surface area contributed by atoms with Crippen LogP contribution in [0.15, 0.2) is 0 Å². The zero-order valence-electron chi connectivity index (χ0n) is 26.7. The van der Waals surface area contributed by atoms with Crippen molar-refractivity contribution in [3.8, 4) is 0 Å². The highest BCUT2D eigenvalue weighted by Crippen LogP contribution is 2.30. The molecule has 1 saturated heterocycles. The first kappa shape index (κ1) is 34.8. The molecule has 0 bridgehead atoms. The Hall–Kier alpha value is -1.18. The van der Waals surface area contributed by atoms with Gasteiger partial charge in [0.2, 0.25) is 0 Å². The molecule has 38 heavy (non-hydrogen) atoms. The molecule has 1 aliphatic heterocycles. The van der Waals surface area contributed by atoms with Gasteiger partial charge in [-0.3, -0.25) is 9.59 Å². The second-order valence-electron chi connectivity index (χ2n) is 14.3. The van der Waals surface area contributed by atoms with E-state index < -0.39 is 22.4 Å². The summed E-state index contributed by atoms with van der Waals surface area (Å²) in [6.45, 7) is 25.7. The van der Waals surface area contributed by atoms with Crippen molar-refractivity contribution in [2.75, 3.05) is 13.2 Å². The van der Waals surface area contributed by atoms with E-state index in [-0.39, 0.29) is 35.9 Å². The maximum absolute atomic E-state index is 12.7. The third-order valence-corrected chi connectivity index (χ3v) is 7.95. The van der Waals surface area contributed by atoms with Crippen LogP contribution < -0.4 is 5.32 Å². The molecule has 2 unspecified atom stereocenters. The van der Waals surface area contributed by atoms with Crippen LogP contribution in [0, 0.1) is 0 Å². The van der Waals surface area contributed by atoms with Crippen molar-refractivity contribution in [2.24, 2.45) is 0 Å². The highest BCUT2D eigenvalue weighted by Gasteiger charge is 2.36. The largest absolute Gasteiger partial charge is 0.459 e. The zero-order valence-corrected chi connectivity index (χ0v) is 26.7. The van der Waals surface area contributed by atoms with Crippen LogP contribution in [0.25, 0.3) is 0 Å². The highest BCUT2D eigenvalue weighted by molar-refractivity contribution is 5.70. The normalized spacial score (nSPS) is 32.2. The van der Waals surface area contributed by atoms with Crippen molar-refractivity contribution in [3.05, 3.63) is 0 Å². The van der Waals surface area contributed by atoms with Crippen LogP contribution in [0.1, 0.15) is 141 Å². The van der Waals surface area contributed by atoms with Gasteiger partial charge in [0, 0.05) is 43.6 Å². The maximum Gasteiger partial charge on any atom is 0.306 e. The van der Waals surface area contributed by atoms with E-state index in [1.165, 1.54) is 0 Å². The van der Waals surface area contributed by atoms with Gasteiger partial charge in [0.25, 0.3) is 0 Å². The molecule has 1 rings (SSSR count). The van der Waals surface area contributed by atoms with Gasteiger partial charge in [-0.05, 0) is 108 Å². The minimum Gasteiger partial charge on any atom is -0.459 e. The van der Waals surface area contributed by atoms with Gasteiger partial charge in [-0.25, -0.2) is 0 Å². The van der Waals surface area contributed by atoms with Gasteiger partial charge in [-0.1, -0.05) is 13.8 Å². The molecule has 1 N–H and O–H groups in total. The molecule has 0 radical (unpaired) electrons. The lowest BCUT2D eigenvalue weighted by Crippen LogP contribution is -2.56. The summed E-state index contributed by atoms with van der Waals surface area (Å²) >= 11 is 0. The number of nitrogens with one attached hydrogen (secondary N) is 1. The van der Waals surface area contributed by atoms with Crippen molar-refractivity contribution >= 4 is 11.9 Å². The van der Waals surface area contributed by atoms with Crippen LogP contribution in [-0.4, -0.2) is 58.6 Å². The quantitative estimate of drug-likeness (QED) is 0.381. The molecule has 2 atom stereocenters. The fraction of sp³-hybridized carbons (Fsp3) is 0.935. The molecule has 0 amide bonds. The Bertz CT molecular complexity index is 712. The predicted octanol–water partition coefficient (Wildman–Crippen LogP) is 6.89. The average Bonchev–Trinajstić information content (AvgIpc) is 2.74. The van der Waals surface area contributed by atoms with Gasteiger partial charge in [0.15, 0.2) is 0 Å². The smallest absolute Gasteiger partial charge is 0.306 e. The molecule has 1 fully saturated rings. The molecule has 7 nitrogen and oxygen atoms in total. The summed E-state index contributed by atoms with van der Waals surface area (Å²) < 4.78 is 24.2. The number of esters is 2. The highest BCUT2D eigenvalue weighted by atomic mass is 16.6. The van der Waals surface area contributed by atoms with E-state index in [1.54, 1.807) is 0 Å². The molecule has 224 valence electrons. The standard InChI is InChI=1S/C31H59NO6/c1-13-30(11)19-21-35-26(3,4)17-15-24(33)37-28(7,8)23-29(9,10)38-25(34)16-18-27(5,6)36-22-20-31(12,14-2)32-30/h32H,13-23H2,1-12H3. The molecule has 1 heterocycles. The molecule has 0 spiro atoms. The molecule has 0 aromatic carbocycles. The van der Waals surface area contributed by atoms with Crippen LogP contribution in [0.4, 0.5) is 0 Å². The fourth-order valence-corrected chi connectivity index (χ4v) is 5.26. The Kier molecular flexibility index (Phi) is 12.3. The van der Waals surface area contributed by atoms with Gasteiger partial charge in [-0.2, -0.15) is 0 Å². The fourth-order valence-electron chi connectivity index (χ4n) is 5.26. The van der Waals surface area contributed by atoms with Gasteiger partial charge in [0.1, 0.15) is 11.2 Å². The van der Waals surface area contributed by atoms with Crippen LogP contribution >= 0.6 is 0 Å². The molecule has 0 aliphatic carbocycles.